The Balaban J connectivity index is 2.57. The first-order valence-corrected chi connectivity index (χ1v) is 5.82. The van der Waals surface area contributed by atoms with Crippen LogP contribution in [0.5, 0.6) is 0 Å². The van der Waals surface area contributed by atoms with E-state index < -0.39 is 18.8 Å². The Morgan fingerprint density at radius 3 is 2.68 bits per heavy atom. The normalized spacial score (nSPS) is 11.6. The lowest BCUT2D eigenvalue weighted by Crippen LogP contribution is -2.20. The van der Waals surface area contributed by atoms with Gasteiger partial charge in [-0.2, -0.15) is 13.2 Å². The van der Waals surface area contributed by atoms with Gasteiger partial charge in [-0.15, -0.1) is 0 Å². The molecule has 1 heterocycles. The van der Waals surface area contributed by atoms with Gasteiger partial charge >= 0.3 is 12.1 Å². The molecule has 108 valence electrons. The molecular formula is C12H16F3NO3. The molecule has 0 aliphatic heterocycles. The summed E-state index contributed by atoms with van der Waals surface area (Å²) < 4.78 is 46.6. The van der Waals surface area contributed by atoms with Crippen molar-refractivity contribution < 1.29 is 27.4 Å². The second-order valence-electron chi connectivity index (χ2n) is 3.93. The molecule has 4 nitrogen and oxygen atoms in total. The molecule has 0 aliphatic carbocycles. The fourth-order valence-electron chi connectivity index (χ4n) is 1.60. The Labute approximate surface area is 109 Å². The zero-order valence-corrected chi connectivity index (χ0v) is 10.8. The van der Waals surface area contributed by atoms with Crippen LogP contribution in [0.1, 0.15) is 23.0 Å². The molecule has 19 heavy (non-hydrogen) atoms. The smallest absolute Gasteiger partial charge is 0.411 e. The van der Waals surface area contributed by atoms with Gasteiger partial charge in [0.15, 0.2) is 0 Å². The van der Waals surface area contributed by atoms with E-state index in [0.29, 0.717) is 11.3 Å². The average Bonchev–Trinajstić information content (AvgIpc) is 2.65. The second-order valence-corrected chi connectivity index (χ2v) is 3.93. The maximum absolute atomic E-state index is 11.9. The van der Waals surface area contributed by atoms with Gasteiger partial charge in [-0.3, -0.25) is 0 Å². The SMILES string of the molecule is CCOC(=O)c1c(C)ccn1CCOCC(F)(F)F. The summed E-state index contributed by atoms with van der Waals surface area (Å²) in [7, 11) is 0. The third kappa shape index (κ3) is 4.94. The van der Waals surface area contributed by atoms with Crippen LogP contribution in [0.15, 0.2) is 12.3 Å². The van der Waals surface area contributed by atoms with Crippen molar-refractivity contribution in [3.63, 3.8) is 0 Å². The number of alkyl halides is 3. The number of nitrogens with zero attached hydrogens (tertiary/aromatic N) is 1. The summed E-state index contributed by atoms with van der Waals surface area (Å²) in [5, 5.41) is 0. The number of hydrogen-bond acceptors (Lipinski definition) is 3. The Morgan fingerprint density at radius 1 is 1.42 bits per heavy atom. The highest BCUT2D eigenvalue weighted by Crippen LogP contribution is 2.15. The van der Waals surface area contributed by atoms with Gasteiger partial charge in [0.05, 0.1) is 13.2 Å². The molecule has 1 rings (SSSR count). The number of aryl methyl sites for hydroxylation is 1. The van der Waals surface area contributed by atoms with Gasteiger partial charge in [0.1, 0.15) is 12.3 Å². The van der Waals surface area contributed by atoms with Gasteiger partial charge in [-0.05, 0) is 25.5 Å². The zero-order chi connectivity index (χ0) is 14.5. The van der Waals surface area contributed by atoms with Crippen LogP contribution in [-0.4, -0.2) is 36.5 Å². The van der Waals surface area contributed by atoms with Crippen LogP contribution in [0.4, 0.5) is 13.2 Å². The average molecular weight is 279 g/mol. The lowest BCUT2D eigenvalue weighted by Gasteiger charge is -2.11. The van der Waals surface area contributed by atoms with Gasteiger partial charge in [0.25, 0.3) is 0 Å². The van der Waals surface area contributed by atoms with Crippen molar-refractivity contribution in [3.05, 3.63) is 23.5 Å². The highest BCUT2D eigenvalue weighted by Gasteiger charge is 2.27. The summed E-state index contributed by atoms with van der Waals surface area (Å²) in [4.78, 5) is 11.7. The number of halogens is 3. The van der Waals surface area contributed by atoms with Gasteiger partial charge in [0, 0.05) is 12.7 Å². The van der Waals surface area contributed by atoms with Gasteiger partial charge in [-0.25, -0.2) is 4.79 Å². The maximum Gasteiger partial charge on any atom is 0.411 e. The molecule has 0 fully saturated rings. The van der Waals surface area contributed by atoms with Crippen LogP contribution < -0.4 is 0 Å². The first-order chi connectivity index (χ1) is 8.85. The molecule has 0 bridgehead atoms. The maximum atomic E-state index is 11.9. The molecule has 0 unspecified atom stereocenters. The van der Waals surface area contributed by atoms with Crippen molar-refractivity contribution in [2.75, 3.05) is 19.8 Å². The summed E-state index contributed by atoms with van der Waals surface area (Å²) in [6.07, 6.45) is -2.71. The van der Waals surface area contributed by atoms with Crippen LogP contribution in [0.2, 0.25) is 0 Å². The predicted octanol–water partition coefficient (Wildman–Crippen LogP) is 2.55. The first kappa shape index (κ1) is 15.6. The number of aromatic nitrogens is 1. The molecule has 1 aromatic heterocycles. The van der Waals surface area contributed by atoms with Crippen LogP contribution >= 0.6 is 0 Å². The number of carbonyl (C=O) groups excluding carboxylic acids is 1. The van der Waals surface area contributed by atoms with Gasteiger partial charge in [0.2, 0.25) is 0 Å². The molecule has 1 aromatic rings. The van der Waals surface area contributed by atoms with Crippen LogP contribution in [-0.2, 0) is 16.0 Å². The lowest BCUT2D eigenvalue weighted by atomic mass is 10.3. The van der Waals surface area contributed by atoms with Crippen LogP contribution in [0.3, 0.4) is 0 Å². The Bertz CT molecular complexity index is 426. The van der Waals surface area contributed by atoms with Crippen molar-refractivity contribution in [1.82, 2.24) is 4.57 Å². The molecule has 0 amide bonds. The number of esters is 1. The summed E-state index contributed by atoms with van der Waals surface area (Å²) in [6, 6.07) is 1.70. The second kappa shape index (κ2) is 6.60. The van der Waals surface area contributed by atoms with Crippen LogP contribution in [0.25, 0.3) is 0 Å². The number of rotatable bonds is 6. The molecule has 0 aromatic carbocycles. The summed E-state index contributed by atoms with van der Waals surface area (Å²) in [5.41, 5.74) is 1.06. The van der Waals surface area contributed by atoms with Crippen molar-refractivity contribution in [2.45, 2.75) is 26.6 Å². The first-order valence-electron chi connectivity index (χ1n) is 5.82. The number of hydrogen-bond donors (Lipinski definition) is 0. The zero-order valence-electron chi connectivity index (χ0n) is 10.8. The summed E-state index contributed by atoms with van der Waals surface area (Å²) >= 11 is 0. The lowest BCUT2D eigenvalue weighted by molar-refractivity contribution is -0.174. The van der Waals surface area contributed by atoms with E-state index in [-0.39, 0.29) is 19.8 Å². The quantitative estimate of drug-likeness (QED) is 0.593. The number of ether oxygens (including phenoxy) is 2. The third-order valence-corrected chi connectivity index (χ3v) is 2.38. The highest BCUT2D eigenvalue weighted by molar-refractivity contribution is 5.89. The third-order valence-electron chi connectivity index (χ3n) is 2.38. The van der Waals surface area contributed by atoms with Crippen molar-refractivity contribution in [1.29, 1.82) is 0 Å². The van der Waals surface area contributed by atoms with Gasteiger partial charge in [-0.1, -0.05) is 0 Å². The van der Waals surface area contributed by atoms with Gasteiger partial charge < -0.3 is 14.0 Å². The van der Waals surface area contributed by atoms with Crippen molar-refractivity contribution in [3.8, 4) is 0 Å². The standard InChI is InChI=1S/C12H16F3NO3/c1-3-19-11(17)10-9(2)4-5-16(10)6-7-18-8-12(13,14)15/h4-5H,3,6-8H2,1-2H3. The highest BCUT2D eigenvalue weighted by atomic mass is 19.4. The molecule has 0 aliphatic rings. The minimum absolute atomic E-state index is 0.125. The molecule has 0 atom stereocenters. The molecule has 7 heteroatoms. The largest absolute Gasteiger partial charge is 0.461 e. The van der Waals surface area contributed by atoms with E-state index in [2.05, 4.69) is 4.74 Å². The molecule has 0 spiro atoms. The predicted molar refractivity (Wildman–Crippen MR) is 62.0 cm³/mol. The minimum Gasteiger partial charge on any atom is -0.461 e. The van der Waals surface area contributed by atoms with Crippen molar-refractivity contribution in [2.24, 2.45) is 0 Å². The van der Waals surface area contributed by atoms with E-state index in [1.807, 2.05) is 0 Å². The van der Waals surface area contributed by atoms with Crippen LogP contribution in [0, 0.1) is 6.92 Å². The molecule has 0 saturated carbocycles. The molecule has 0 saturated heterocycles. The molecule has 0 radical (unpaired) electrons. The van der Waals surface area contributed by atoms with E-state index in [9.17, 15) is 18.0 Å². The fourth-order valence-corrected chi connectivity index (χ4v) is 1.60. The van der Waals surface area contributed by atoms with E-state index in [4.69, 9.17) is 4.74 Å². The summed E-state index contributed by atoms with van der Waals surface area (Å²) in [6.45, 7) is 2.42. The van der Waals surface area contributed by atoms with Crippen molar-refractivity contribution >= 4 is 5.97 Å². The molecular weight excluding hydrogens is 263 g/mol. The Kier molecular flexibility index (Phi) is 5.41. The fraction of sp³-hybridized carbons (Fsp3) is 0.583. The molecule has 0 N–H and O–H groups in total. The van der Waals surface area contributed by atoms with E-state index in [0.717, 1.165) is 0 Å². The monoisotopic (exact) mass is 279 g/mol. The topological polar surface area (TPSA) is 40.5 Å². The summed E-state index contributed by atoms with van der Waals surface area (Å²) in [5.74, 6) is -0.485. The number of carbonyl (C=O) groups is 1. The Morgan fingerprint density at radius 2 is 2.11 bits per heavy atom. The Hall–Kier alpha value is -1.50. The van der Waals surface area contributed by atoms with E-state index >= 15 is 0 Å². The van der Waals surface area contributed by atoms with E-state index in [1.54, 1.807) is 26.1 Å². The minimum atomic E-state index is -4.34. The van der Waals surface area contributed by atoms with E-state index in [1.165, 1.54) is 4.57 Å².